The summed E-state index contributed by atoms with van der Waals surface area (Å²) in [5.41, 5.74) is 3.66. The Hall–Kier alpha value is -2.60. The lowest BCUT2D eigenvalue weighted by Gasteiger charge is -2.12. The molecule has 24 heavy (non-hydrogen) atoms. The van der Waals surface area contributed by atoms with Crippen LogP contribution in [0.25, 0.3) is 11.3 Å². The normalized spacial score (nSPS) is 11.5. The SMILES string of the molecule is Cc1cc(-c2ccc(S(=O)(=O)Nc3ccccc3C)c(C)c2)on1. The number of para-hydroxylation sites is 1. The summed E-state index contributed by atoms with van der Waals surface area (Å²) in [6.45, 7) is 5.46. The third kappa shape index (κ3) is 3.19. The number of nitrogens with one attached hydrogen (secondary N) is 1. The van der Waals surface area contributed by atoms with Crippen molar-refractivity contribution in [2.75, 3.05) is 4.72 Å². The number of benzene rings is 2. The third-order valence-corrected chi connectivity index (χ3v) is 5.29. The largest absolute Gasteiger partial charge is 0.356 e. The molecule has 0 bridgehead atoms. The van der Waals surface area contributed by atoms with Gasteiger partial charge in [-0.3, -0.25) is 4.72 Å². The van der Waals surface area contributed by atoms with Crippen molar-refractivity contribution in [1.82, 2.24) is 5.16 Å². The van der Waals surface area contributed by atoms with Crippen LogP contribution in [0.5, 0.6) is 0 Å². The van der Waals surface area contributed by atoms with Crippen molar-refractivity contribution in [2.45, 2.75) is 25.7 Å². The minimum Gasteiger partial charge on any atom is -0.356 e. The first-order valence-electron chi connectivity index (χ1n) is 7.49. The molecule has 3 rings (SSSR count). The van der Waals surface area contributed by atoms with Crippen LogP contribution in [0.2, 0.25) is 0 Å². The van der Waals surface area contributed by atoms with Gasteiger partial charge in [0.2, 0.25) is 0 Å². The van der Waals surface area contributed by atoms with Crippen LogP contribution in [0, 0.1) is 20.8 Å². The lowest BCUT2D eigenvalue weighted by molar-refractivity contribution is 0.427. The van der Waals surface area contributed by atoms with E-state index in [0.29, 0.717) is 17.0 Å². The number of aryl methyl sites for hydroxylation is 3. The van der Waals surface area contributed by atoms with Crippen molar-refractivity contribution in [1.29, 1.82) is 0 Å². The topological polar surface area (TPSA) is 72.2 Å². The van der Waals surface area contributed by atoms with E-state index in [1.165, 1.54) is 0 Å². The first-order valence-corrected chi connectivity index (χ1v) is 8.98. The van der Waals surface area contributed by atoms with E-state index < -0.39 is 10.0 Å². The second-order valence-electron chi connectivity index (χ2n) is 5.73. The third-order valence-electron chi connectivity index (χ3n) is 3.77. The first kappa shape index (κ1) is 16.3. The first-order chi connectivity index (χ1) is 11.4. The van der Waals surface area contributed by atoms with E-state index in [-0.39, 0.29) is 4.90 Å². The highest BCUT2D eigenvalue weighted by molar-refractivity contribution is 7.92. The van der Waals surface area contributed by atoms with E-state index in [2.05, 4.69) is 9.88 Å². The summed E-state index contributed by atoms with van der Waals surface area (Å²) in [4.78, 5) is 0.241. The number of rotatable bonds is 4. The molecule has 3 aromatic rings. The zero-order chi connectivity index (χ0) is 17.3. The Morgan fingerprint density at radius 3 is 2.33 bits per heavy atom. The van der Waals surface area contributed by atoms with E-state index in [9.17, 15) is 8.42 Å². The van der Waals surface area contributed by atoms with Crippen molar-refractivity contribution in [3.8, 4) is 11.3 Å². The van der Waals surface area contributed by atoms with E-state index in [1.807, 2.05) is 32.0 Å². The molecule has 6 heteroatoms. The van der Waals surface area contributed by atoms with E-state index in [4.69, 9.17) is 4.52 Å². The zero-order valence-electron chi connectivity index (χ0n) is 13.7. The molecule has 2 aromatic carbocycles. The standard InChI is InChI=1S/C18H18N2O3S/c1-12-6-4-5-7-16(12)20-24(21,22)18-9-8-15(10-13(18)2)17-11-14(3)19-23-17/h4-11,20H,1-3H3. The number of hydrogen-bond donors (Lipinski definition) is 1. The molecule has 0 atom stereocenters. The maximum Gasteiger partial charge on any atom is 0.262 e. The van der Waals surface area contributed by atoms with Crippen LogP contribution in [0.1, 0.15) is 16.8 Å². The van der Waals surface area contributed by atoms with Crippen LogP contribution in [-0.2, 0) is 10.0 Å². The Labute approximate surface area is 141 Å². The van der Waals surface area contributed by atoms with E-state index in [1.54, 1.807) is 37.3 Å². The lowest BCUT2D eigenvalue weighted by atomic mass is 10.1. The monoisotopic (exact) mass is 342 g/mol. The van der Waals surface area contributed by atoms with Gasteiger partial charge in [-0.05, 0) is 56.2 Å². The van der Waals surface area contributed by atoms with Gasteiger partial charge in [0, 0.05) is 11.6 Å². The van der Waals surface area contributed by atoms with Crippen molar-refractivity contribution in [2.24, 2.45) is 0 Å². The Bertz CT molecular complexity index is 991. The van der Waals surface area contributed by atoms with Crippen LogP contribution in [0.4, 0.5) is 5.69 Å². The predicted octanol–water partition coefficient (Wildman–Crippen LogP) is 4.07. The second-order valence-corrected chi connectivity index (χ2v) is 7.38. The van der Waals surface area contributed by atoms with Gasteiger partial charge >= 0.3 is 0 Å². The maximum absolute atomic E-state index is 12.7. The molecule has 124 valence electrons. The summed E-state index contributed by atoms with van der Waals surface area (Å²) in [5.74, 6) is 0.617. The van der Waals surface area contributed by atoms with Crippen molar-refractivity contribution < 1.29 is 12.9 Å². The molecule has 0 fully saturated rings. The smallest absolute Gasteiger partial charge is 0.262 e. The van der Waals surface area contributed by atoms with Gasteiger partial charge in [0.1, 0.15) is 0 Å². The Kier molecular flexibility index (Phi) is 4.15. The second kappa shape index (κ2) is 6.13. The molecule has 5 nitrogen and oxygen atoms in total. The summed E-state index contributed by atoms with van der Waals surface area (Å²) in [6, 6.07) is 14.2. The van der Waals surface area contributed by atoms with Gasteiger partial charge in [-0.15, -0.1) is 0 Å². The predicted molar refractivity (Wildman–Crippen MR) is 93.4 cm³/mol. The van der Waals surface area contributed by atoms with Crippen LogP contribution < -0.4 is 4.72 Å². The summed E-state index contributed by atoms with van der Waals surface area (Å²) >= 11 is 0. The lowest BCUT2D eigenvalue weighted by Crippen LogP contribution is -2.15. The average Bonchev–Trinajstić information content (AvgIpc) is 2.95. The Morgan fingerprint density at radius 2 is 1.71 bits per heavy atom. The average molecular weight is 342 g/mol. The molecule has 1 aromatic heterocycles. The molecule has 0 aliphatic rings. The van der Waals surface area contributed by atoms with Gasteiger partial charge in [0.15, 0.2) is 5.76 Å². The van der Waals surface area contributed by atoms with Gasteiger partial charge < -0.3 is 4.52 Å². The van der Waals surface area contributed by atoms with Crippen LogP contribution >= 0.6 is 0 Å². The summed E-state index contributed by atoms with van der Waals surface area (Å²) in [7, 11) is -3.66. The minimum absolute atomic E-state index is 0.241. The van der Waals surface area contributed by atoms with Crippen molar-refractivity contribution >= 4 is 15.7 Å². The van der Waals surface area contributed by atoms with Gasteiger partial charge in [0.05, 0.1) is 16.3 Å². The highest BCUT2D eigenvalue weighted by Gasteiger charge is 2.18. The molecule has 0 amide bonds. The van der Waals surface area contributed by atoms with Gasteiger partial charge in [0.25, 0.3) is 10.0 Å². The summed E-state index contributed by atoms with van der Waals surface area (Å²) in [5, 5.41) is 3.85. The molecule has 0 saturated carbocycles. The quantitative estimate of drug-likeness (QED) is 0.776. The van der Waals surface area contributed by atoms with Crippen LogP contribution in [-0.4, -0.2) is 13.6 Å². The summed E-state index contributed by atoms with van der Waals surface area (Å²) in [6.07, 6.45) is 0. The number of anilines is 1. The molecule has 0 radical (unpaired) electrons. The molecule has 1 N–H and O–H groups in total. The number of hydrogen-bond acceptors (Lipinski definition) is 4. The molecule has 0 aliphatic carbocycles. The molecule has 1 heterocycles. The highest BCUT2D eigenvalue weighted by atomic mass is 32.2. The van der Waals surface area contributed by atoms with Gasteiger partial charge in [-0.1, -0.05) is 23.4 Å². The van der Waals surface area contributed by atoms with Crippen molar-refractivity contribution in [3.05, 3.63) is 65.4 Å². The molecular weight excluding hydrogens is 324 g/mol. The summed E-state index contributed by atoms with van der Waals surface area (Å²) < 4.78 is 33.2. The highest BCUT2D eigenvalue weighted by Crippen LogP contribution is 2.27. The fourth-order valence-corrected chi connectivity index (χ4v) is 3.85. The Balaban J connectivity index is 1.95. The minimum atomic E-state index is -3.66. The van der Waals surface area contributed by atoms with Gasteiger partial charge in [-0.25, -0.2) is 8.42 Å². The van der Waals surface area contributed by atoms with Crippen molar-refractivity contribution in [3.63, 3.8) is 0 Å². The van der Waals surface area contributed by atoms with Crippen LogP contribution in [0.15, 0.2) is 57.9 Å². The molecule has 0 saturated heterocycles. The number of nitrogens with zero attached hydrogens (tertiary/aromatic N) is 1. The number of aromatic nitrogens is 1. The molecular formula is C18H18N2O3S. The molecule has 0 unspecified atom stereocenters. The fourth-order valence-electron chi connectivity index (χ4n) is 2.49. The van der Waals surface area contributed by atoms with E-state index >= 15 is 0 Å². The molecule has 0 spiro atoms. The Morgan fingerprint density at radius 1 is 0.958 bits per heavy atom. The maximum atomic E-state index is 12.7. The number of sulfonamides is 1. The van der Waals surface area contributed by atoms with Crippen LogP contribution in [0.3, 0.4) is 0 Å². The zero-order valence-corrected chi connectivity index (χ0v) is 14.5. The van der Waals surface area contributed by atoms with E-state index in [0.717, 1.165) is 16.8 Å². The van der Waals surface area contributed by atoms with Gasteiger partial charge in [-0.2, -0.15) is 0 Å². The fraction of sp³-hybridized carbons (Fsp3) is 0.167. The molecule has 0 aliphatic heterocycles.